The molecule has 0 spiro atoms. The molecule has 0 saturated heterocycles. The van der Waals surface area contributed by atoms with Crippen molar-refractivity contribution < 1.29 is 17.5 Å². The highest BCUT2D eigenvalue weighted by molar-refractivity contribution is 7.89. The van der Waals surface area contributed by atoms with Crippen molar-refractivity contribution in [3.05, 3.63) is 59.8 Å². The number of ether oxygens (including phenoxy) is 1. The van der Waals surface area contributed by atoms with E-state index in [4.69, 9.17) is 9.88 Å². The number of pyridine rings is 1. The minimum Gasteiger partial charge on any atom is -0.488 e. The Labute approximate surface area is 192 Å². The summed E-state index contributed by atoms with van der Waals surface area (Å²) >= 11 is 0. The zero-order valence-corrected chi connectivity index (χ0v) is 18.8. The fraction of sp³-hybridized carbons (Fsp3) is 0.391. The summed E-state index contributed by atoms with van der Waals surface area (Å²) < 4.78 is 43.3. The number of rotatable bonds is 7. The molecule has 3 atom stereocenters. The van der Waals surface area contributed by atoms with E-state index in [1.807, 2.05) is 18.6 Å². The highest BCUT2D eigenvalue weighted by Gasteiger charge is 2.32. The van der Waals surface area contributed by atoms with E-state index in [9.17, 15) is 12.8 Å². The van der Waals surface area contributed by atoms with Crippen LogP contribution in [0.25, 0.3) is 0 Å². The van der Waals surface area contributed by atoms with Gasteiger partial charge in [0.15, 0.2) is 6.29 Å². The van der Waals surface area contributed by atoms with Crippen molar-refractivity contribution in [3.8, 4) is 5.75 Å². The third-order valence-corrected chi connectivity index (χ3v) is 7.24. The van der Waals surface area contributed by atoms with Gasteiger partial charge in [-0.2, -0.15) is 0 Å². The Balaban J connectivity index is 1.17. The number of benzene rings is 1. The average molecular weight is 472 g/mol. The molecule has 0 bridgehead atoms. The molecule has 1 aromatic carbocycles. The largest absolute Gasteiger partial charge is 0.488 e. The molecule has 0 radical (unpaired) electrons. The fourth-order valence-electron chi connectivity index (χ4n) is 4.41. The van der Waals surface area contributed by atoms with E-state index in [0.29, 0.717) is 11.8 Å². The monoisotopic (exact) mass is 471 g/mol. The molecular formula is C23H26FN5O3S. The Bertz CT molecular complexity index is 1210. The summed E-state index contributed by atoms with van der Waals surface area (Å²) in [5.74, 6) is 1.14. The molecule has 5 rings (SSSR count). The number of hydrogen-bond acceptors (Lipinski definition) is 7. The Morgan fingerprint density at radius 1 is 1.15 bits per heavy atom. The van der Waals surface area contributed by atoms with Gasteiger partial charge in [-0.05, 0) is 73.8 Å². The first-order valence-corrected chi connectivity index (χ1v) is 12.6. The molecule has 10 heteroatoms. The first kappa shape index (κ1) is 21.8. The predicted octanol–water partition coefficient (Wildman–Crippen LogP) is 3.25. The van der Waals surface area contributed by atoms with Crippen LogP contribution in [0.5, 0.6) is 5.75 Å². The number of primary sulfonamides is 1. The molecule has 2 aromatic rings. The maximum atomic E-state index is 14.3. The van der Waals surface area contributed by atoms with Gasteiger partial charge in [0, 0.05) is 24.2 Å². The molecule has 2 saturated carbocycles. The molecule has 1 aromatic heterocycles. The van der Waals surface area contributed by atoms with Gasteiger partial charge >= 0.3 is 0 Å². The topological polar surface area (TPSA) is 119 Å². The second-order valence-corrected chi connectivity index (χ2v) is 10.3. The zero-order valence-electron chi connectivity index (χ0n) is 17.9. The molecule has 33 heavy (non-hydrogen) atoms. The number of nitrogens with zero attached hydrogens (tertiary/aromatic N) is 2. The minimum atomic E-state index is -3.96. The second-order valence-electron chi connectivity index (χ2n) is 8.76. The van der Waals surface area contributed by atoms with Gasteiger partial charge in [0.2, 0.25) is 10.0 Å². The summed E-state index contributed by atoms with van der Waals surface area (Å²) in [6.07, 6.45) is 12.3. The molecule has 174 valence electrons. The van der Waals surface area contributed by atoms with Crippen LogP contribution >= 0.6 is 0 Å². The van der Waals surface area contributed by atoms with E-state index in [0.717, 1.165) is 36.7 Å². The van der Waals surface area contributed by atoms with E-state index < -0.39 is 22.1 Å². The van der Waals surface area contributed by atoms with Crippen molar-refractivity contribution >= 4 is 21.9 Å². The standard InChI is InChI=1S/C23H26FN5O3S/c24-20-10-18(33(25,30)31)5-6-21(20)29-23-27-11-16(12-28-23)15-3-4-17(9-15)32-22-13-26-8-7-19(22)14-1-2-14/h5-8,10-15,17,23,27,29H,1-4,9H2,(H2,25,30,31)/t15-,17+,23?/m1/s1. The molecule has 3 aliphatic rings. The predicted molar refractivity (Wildman–Crippen MR) is 123 cm³/mol. The smallest absolute Gasteiger partial charge is 0.238 e. The van der Waals surface area contributed by atoms with E-state index in [1.54, 1.807) is 6.21 Å². The summed E-state index contributed by atoms with van der Waals surface area (Å²) in [4.78, 5) is 8.40. The molecule has 8 nitrogen and oxygen atoms in total. The highest BCUT2D eigenvalue weighted by atomic mass is 32.2. The summed E-state index contributed by atoms with van der Waals surface area (Å²) in [7, 11) is -3.96. The van der Waals surface area contributed by atoms with Crippen LogP contribution in [0.15, 0.2) is 58.3 Å². The molecule has 1 aliphatic heterocycles. The molecular weight excluding hydrogens is 445 g/mol. The van der Waals surface area contributed by atoms with Crippen molar-refractivity contribution in [2.45, 2.75) is 55.3 Å². The lowest BCUT2D eigenvalue weighted by Crippen LogP contribution is -2.34. The number of hydrogen-bond donors (Lipinski definition) is 3. The minimum absolute atomic E-state index is 0.131. The molecule has 2 heterocycles. The Kier molecular flexibility index (Phi) is 5.79. The third-order valence-electron chi connectivity index (χ3n) is 6.33. The fourth-order valence-corrected chi connectivity index (χ4v) is 4.93. The van der Waals surface area contributed by atoms with Crippen molar-refractivity contribution in [1.82, 2.24) is 10.3 Å². The van der Waals surface area contributed by atoms with Gasteiger partial charge in [0.05, 0.1) is 22.9 Å². The Morgan fingerprint density at radius 2 is 1.97 bits per heavy atom. The van der Waals surface area contributed by atoms with Gasteiger partial charge in [0.25, 0.3) is 0 Å². The lowest BCUT2D eigenvalue weighted by Gasteiger charge is -2.23. The maximum Gasteiger partial charge on any atom is 0.238 e. The zero-order chi connectivity index (χ0) is 23.0. The van der Waals surface area contributed by atoms with Crippen molar-refractivity contribution in [2.75, 3.05) is 5.32 Å². The quantitative estimate of drug-likeness (QED) is 0.570. The third kappa shape index (κ3) is 5.01. The van der Waals surface area contributed by atoms with Gasteiger partial charge in [-0.1, -0.05) is 0 Å². The molecule has 1 unspecified atom stereocenters. The van der Waals surface area contributed by atoms with Gasteiger partial charge < -0.3 is 15.4 Å². The van der Waals surface area contributed by atoms with Crippen LogP contribution in [0.3, 0.4) is 0 Å². The normalized spacial score (nSPS) is 24.8. The van der Waals surface area contributed by atoms with E-state index in [1.165, 1.54) is 30.5 Å². The summed E-state index contributed by atoms with van der Waals surface area (Å²) in [5, 5.41) is 11.1. The average Bonchev–Trinajstić information content (AvgIpc) is 3.54. The first-order chi connectivity index (χ1) is 15.9. The number of aliphatic imine (C=N–C) groups is 1. The van der Waals surface area contributed by atoms with E-state index >= 15 is 0 Å². The molecule has 4 N–H and O–H groups in total. The molecule has 0 amide bonds. The lowest BCUT2D eigenvalue weighted by atomic mass is 9.98. The van der Waals surface area contributed by atoms with Crippen molar-refractivity contribution in [1.29, 1.82) is 0 Å². The number of anilines is 1. The Morgan fingerprint density at radius 3 is 2.67 bits per heavy atom. The van der Waals surface area contributed by atoms with Crippen LogP contribution in [0.1, 0.15) is 43.6 Å². The van der Waals surface area contributed by atoms with Crippen molar-refractivity contribution in [2.24, 2.45) is 16.0 Å². The SMILES string of the molecule is NS(=O)(=O)c1ccc(NC2N=CC([C@@H]3CC[C@H](Oc4cnccc4C4CC4)C3)=CN2)c(F)c1. The van der Waals surface area contributed by atoms with Crippen LogP contribution in [0.4, 0.5) is 10.1 Å². The molecule has 2 aliphatic carbocycles. The van der Waals surface area contributed by atoms with Crippen LogP contribution in [0.2, 0.25) is 0 Å². The lowest BCUT2D eigenvalue weighted by molar-refractivity contribution is 0.204. The van der Waals surface area contributed by atoms with Gasteiger partial charge in [0.1, 0.15) is 11.6 Å². The van der Waals surface area contributed by atoms with Crippen LogP contribution in [-0.2, 0) is 10.0 Å². The summed E-state index contributed by atoms with van der Waals surface area (Å²) in [5.41, 5.74) is 2.48. The number of nitrogens with one attached hydrogen (secondary N) is 2. The first-order valence-electron chi connectivity index (χ1n) is 11.1. The van der Waals surface area contributed by atoms with Gasteiger partial charge in [-0.25, -0.2) is 22.9 Å². The summed E-state index contributed by atoms with van der Waals surface area (Å²) in [6, 6.07) is 5.54. The second kappa shape index (κ2) is 8.75. The van der Waals surface area contributed by atoms with Gasteiger partial charge in [-0.3, -0.25) is 4.98 Å². The highest BCUT2D eigenvalue weighted by Crippen LogP contribution is 2.45. The van der Waals surface area contributed by atoms with Crippen LogP contribution in [-0.4, -0.2) is 32.0 Å². The number of halogens is 1. The van der Waals surface area contributed by atoms with Crippen LogP contribution < -0.4 is 20.5 Å². The van der Waals surface area contributed by atoms with E-state index in [-0.39, 0.29) is 16.7 Å². The van der Waals surface area contributed by atoms with Gasteiger partial charge in [-0.15, -0.1) is 0 Å². The number of aromatic nitrogens is 1. The van der Waals surface area contributed by atoms with Crippen molar-refractivity contribution in [3.63, 3.8) is 0 Å². The number of nitrogens with two attached hydrogens (primary N) is 1. The number of allylic oxidation sites excluding steroid dienone is 1. The maximum absolute atomic E-state index is 14.3. The molecule has 2 fully saturated rings. The van der Waals surface area contributed by atoms with Crippen LogP contribution in [0, 0.1) is 11.7 Å². The summed E-state index contributed by atoms with van der Waals surface area (Å²) in [6.45, 7) is 0. The Hall–Kier alpha value is -2.98. The number of sulfonamides is 1. The van der Waals surface area contributed by atoms with E-state index in [2.05, 4.69) is 26.7 Å².